The Kier molecular flexibility index (Phi) is 8.23. The molecular weight excluding hydrogens is 365 g/mol. The molecule has 0 saturated carbocycles. The number of halogens is 1. The van der Waals surface area contributed by atoms with Gasteiger partial charge in [0.05, 0.1) is 6.07 Å². The Balaban J connectivity index is 2.78. The molecule has 8 heteroatoms. The highest BCUT2D eigenvalue weighted by Crippen LogP contribution is 2.22. The number of carbonyl (C=O) groups is 2. The quantitative estimate of drug-likeness (QED) is 0.790. The molecule has 7 nitrogen and oxygen atoms in total. The van der Waals surface area contributed by atoms with Gasteiger partial charge in [-0.1, -0.05) is 12.1 Å². The molecule has 0 spiro atoms. The monoisotopic (exact) mass is 393 g/mol. The second-order valence-electron chi connectivity index (χ2n) is 7.43. The van der Waals surface area contributed by atoms with Crippen LogP contribution in [0, 0.1) is 17.1 Å². The molecule has 0 heterocycles. The van der Waals surface area contributed by atoms with E-state index in [1.165, 1.54) is 17.0 Å². The molecule has 0 fully saturated rings. The number of nitriles is 1. The molecule has 0 aliphatic heterocycles. The second kappa shape index (κ2) is 9.93. The topological polar surface area (TPSA) is 91.7 Å². The van der Waals surface area contributed by atoms with Crippen molar-refractivity contribution in [2.75, 3.05) is 13.6 Å². The van der Waals surface area contributed by atoms with E-state index in [0.29, 0.717) is 12.1 Å². The Bertz CT molecular complexity index is 740. The Morgan fingerprint density at radius 3 is 2.50 bits per heavy atom. The predicted octanol–water partition coefficient (Wildman–Crippen LogP) is 3.93. The van der Waals surface area contributed by atoms with E-state index in [1.807, 2.05) is 6.07 Å². The molecule has 0 aromatic heterocycles. The van der Waals surface area contributed by atoms with Gasteiger partial charge in [0.2, 0.25) is 0 Å². The van der Waals surface area contributed by atoms with Gasteiger partial charge in [0.25, 0.3) is 0 Å². The highest BCUT2D eigenvalue weighted by molar-refractivity contribution is 5.68. The number of nitrogens with one attached hydrogen (secondary N) is 1. The summed E-state index contributed by atoms with van der Waals surface area (Å²) in [5.41, 5.74) is 0.0698. The zero-order valence-electron chi connectivity index (χ0n) is 17.2. The first-order chi connectivity index (χ1) is 13.0. The maximum absolute atomic E-state index is 14.5. The summed E-state index contributed by atoms with van der Waals surface area (Å²) in [5.74, 6) is -0.550. The van der Waals surface area contributed by atoms with Gasteiger partial charge in [-0.05, 0) is 46.2 Å². The average Bonchev–Trinajstić information content (AvgIpc) is 2.58. The maximum atomic E-state index is 14.5. The van der Waals surface area contributed by atoms with Gasteiger partial charge in [0, 0.05) is 25.6 Å². The van der Waals surface area contributed by atoms with E-state index in [0.717, 1.165) is 0 Å². The highest BCUT2D eigenvalue weighted by atomic mass is 19.1. The van der Waals surface area contributed by atoms with Crippen molar-refractivity contribution in [1.82, 2.24) is 10.2 Å². The van der Waals surface area contributed by atoms with Crippen LogP contribution in [0.1, 0.15) is 51.8 Å². The minimum absolute atomic E-state index is 0.111. The number of nitrogens with zero attached hydrogens (tertiary/aromatic N) is 2. The molecule has 1 aromatic rings. The van der Waals surface area contributed by atoms with Crippen molar-refractivity contribution in [2.45, 2.75) is 58.8 Å². The first-order valence-corrected chi connectivity index (χ1v) is 9.06. The van der Waals surface area contributed by atoms with Crippen LogP contribution in [0.5, 0.6) is 0 Å². The third-order valence-electron chi connectivity index (χ3n) is 3.85. The molecule has 0 radical (unpaired) electrons. The zero-order chi connectivity index (χ0) is 21.5. The van der Waals surface area contributed by atoms with Crippen LogP contribution in [-0.4, -0.2) is 42.3 Å². The molecule has 1 aromatic carbocycles. The Morgan fingerprint density at radius 2 is 2.00 bits per heavy atom. The van der Waals surface area contributed by atoms with Crippen LogP contribution in [-0.2, 0) is 15.9 Å². The molecule has 0 bridgehead atoms. The average molecular weight is 393 g/mol. The Hall–Kier alpha value is -2.82. The van der Waals surface area contributed by atoms with Gasteiger partial charge in [0.1, 0.15) is 23.6 Å². The minimum atomic E-state index is -0.867. The SMILES string of the molecule is CCN(C)C(=O)OC(C)c1ccc(C[C@@H](C#N)NC(=O)OC(C)(C)C)cc1F. The Labute approximate surface area is 165 Å². The fourth-order valence-corrected chi connectivity index (χ4v) is 2.28. The van der Waals surface area contributed by atoms with E-state index in [9.17, 15) is 19.2 Å². The van der Waals surface area contributed by atoms with E-state index >= 15 is 0 Å². The summed E-state index contributed by atoms with van der Waals surface area (Å²) in [7, 11) is 1.59. The van der Waals surface area contributed by atoms with Crippen LogP contribution >= 0.6 is 0 Å². The maximum Gasteiger partial charge on any atom is 0.410 e. The fourth-order valence-electron chi connectivity index (χ4n) is 2.28. The number of carbonyl (C=O) groups excluding carboxylic acids is 2. The van der Waals surface area contributed by atoms with Crippen molar-refractivity contribution in [3.63, 3.8) is 0 Å². The first-order valence-electron chi connectivity index (χ1n) is 9.06. The lowest BCUT2D eigenvalue weighted by Crippen LogP contribution is -2.39. The zero-order valence-corrected chi connectivity index (χ0v) is 17.2. The third kappa shape index (κ3) is 7.43. The number of ether oxygens (including phenoxy) is 2. The minimum Gasteiger partial charge on any atom is -0.444 e. The molecule has 28 heavy (non-hydrogen) atoms. The lowest BCUT2D eigenvalue weighted by Gasteiger charge is -2.21. The van der Waals surface area contributed by atoms with Crippen molar-refractivity contribution in [1.29, 1.82) is 5.26 Å². The van der Waals surface area contributed by atoms with E-state index in [1.54, 1.807) is 47.7 Å². The lowest BCUT2D eigenvalue weighted by molar-refractivity contribution is 0.0515. The molecule has 2 amide bonds. The number of amides is 2. The third-order valence-corrected chi connectivity index (χ3v) is 3.85. The van der Waals surface area contributed by atoms with Gasteiger partial charge in [-0.15, -0.1) is 0 Å². The van der Waals surface area contributed by atoms with E-state index in [2.05, 4.69) is 5.32 Å². The smallest absolute Gasteiger partial charge is 0.410 e. The molecule has 0 saturated heterocycles. The largest absolute Gasteiger partial charge is 0.444 e. The van der Waals surface area contributed by atoms with Crippen LogP contribution in [0.15, 0.2) is 18.2 Å². The van der Waals surface area contributed by atoms with Gasteiger partial charge in [-0.25, -0.2) is 14.0 Å². The van der Waals surface area contributed by atoms with Gasteiger partial charge in [0.15, 0.2) is 0 Å². The van der Waals surface area contributed by atoms with E-state index in [4.69, 9.17) is 9.47 Å². The standard InChI is InChI=1S/C20H28FN3O4/c1-7-24(6)19(26)27-13(2)16-9-8-14(11-17(16)21)10-15(12-22)23-18(25)28-20(3,4)5/h8-9,11,13,15H,7,10H2,1-6H3,(H,23,25)/t13?,15-/m0/s1. The van der Waals surface area contributed by atoms with Crippen molar-refractivity contribution >= 4 is 12.2 Å². The van der Waals surface area contributed by atoms with Crippen LogP contribution in [0.4, 0.5) is 14.0 Å². The highest BCUT2D eigenvalue weighted by Gasteiger charge is 2.21. The van der Waals surface area contributed by atoms with Crippen LogP contribution < -0.4 is 5.32 Å². The molecule has 1 N–H and O–H groups in total. The summed E-state index contributed by atoms with van der Waals surface area (Å²) in [6.45, 7) is 9.02. The molecule has 154 valence electrons. The molecular formula is C20H28FN3O4. The first kappa shape index (κ1) is 23.2. The fraction of sp³-hybridized carbons (Fsp3) is 0.550. The number of benzene rings is 1. The molecule has 1 unspecified atom stereocenters. The number of rotatable bonds is 6. The summed E-state index contributed by atoms with van der Waals surface area (Å²) in [6, 6.07) is 5.50. The van der Waals surface area contributed by atoms with Crippen LogP contribution in [0.25, 0.3) is 0 Å². The van der Waals surface area contributed by atoms with Crippen LogP contribution in [0.2, 0.25) is 0 Å². The summed E-state index contributed by atoms with van der Waals surface area (Å²) in [6.07, 6.45) is -1.90. The van der Waals surface area contributed by atoms with Crippen molar-refractivity contribution < 1.29 is 23.5 Å². The molecule has 2 atom stereocenters. The van der Waals surface area contributed by atoms with Crippen LogP contribution in [0.3, 0.4) is 0 Å². The summed E-state index contributed by atoms with van der Waals surface area (Å²) in [4.78, 5) is 25.0. The van der Waals surface area contributed by atoms with Crippen molar-refractivity contribution in [3.8, 4) is 6.07 Å². The van der Waals surface area contributed by atoms with Gasteiger partial charge in [-0.3, -0.25) is 0 Å². The van der Waals surface area contributed by atoms with Gasteiger partial charge in [-0.2, -0.15) is 5.26 Å². The van der Waals surface area contributed by atoms with Crippen molar-refractivity contribution in [3.05, 3.63) is 35.1 Å². The van der Waals surface area contributed by atoms with Gasteiger partial charge >= 0.3 is 12.2 Å². The summed E-state index contributed by atoms with van der Waals surface area (Å²) >= 11 is 0. The lowest BCUT2D eigenvalue weighted by atomic mass is 10.0. The van der Waals surface area contributed by atoms with E-state index < -0.39 is 35.8 Å². The molecule has 0 aliphatic rings. The normalized spacial score (nSPS) is 13.1. The van der Waals surface area contributed by atoms with Crippen molar-refractivity contribution in [2.24, 2.45) is 0 Å². The predicted molar refractivity (Wildman–Crippen MR) is 102 cm³/mol. The van der Waals surface area contributed by atoms with Gasteiger partial charge < -0.3 is 19.7 Å². The molecule has 0 aliphatic carbocycles. The number of hydrogen-bond donors (Lipinski definition) is 1. The summed E-state index contributed by atoms with van der Waals surface area (Å²) < 4.78 is 24.8. The van der Waals surface area contributed by atoms with E-state index in [-0.39, 0.29) is 12.0 Å². The number of hydrogen-bond acceptors (Lipinski definition) is 5. The number of alkyl carbamates (subject to hydrolysis) is 1. The molecule has 1 rings (SSSR count). The Morgan fingerprint density at radius 1 is 1.36 bits per heavy atom. The summed E-state index contributed by atoms with van der Waals surface area (Å²) in [5, 5.41) is 11.7. The second-order valence-corrected chi connectivity index (χ2v) is 7.43.